The lowest BCUT2D eigenvalue weighted by Gasteiger charge is -2.08. The number of carbonyl (C=O) groups is 2. The fourth-order valence-corrected chi connectivity index (χ4v) is 4.16. The summed E-state index contributed by atoms with van der Waals surface area (Å²) in [6.45, 7) is 0.608. The lowest BCUT2D eigenvalue weighted by Crippen LogP contribution is -2.26. The first-order chi connectivity index (χ1) is 16.1. The third-order valence-electron chi connectivity index (χ3n) is 5.07. The molecule has 0 spiro atoms. The van der Waals surface area contributed by atoms with E-state index in [1.165, 1.54) is 23.9 Å². The van der Waals surface area contributed by atoms with E-state index in [-0.39, 0.29) is 17.6 Å². The standard InChI is InChI=1S/C27H29FN2O2S/c28-24-15-13-21(14-16-24)19-33-20-27(32)29-17-6-2-5-12-26(31)30-25-11-7-10-23(18-25)22-8-3-1-4-9-22/h1,3-4,7-11,13-16,18H,2,5-6,12,17,19-20H2,(H,29,32)(H,30,31). The second kappa shape index (κ2) is 13.4. The smallest absolute Gasteiger partial charge is 0.230 e. The zero-order chi connectivity index (χ0) is 23.3. The van der Waals surface area contributed by atoms with E-state index in [0.717, 1.165) is 41.6 Å². The van der Waals surface area contributed by atoms with E-state index < -0.39 is 0 Å². The van der Waals surface area contributed by atoms with Crippen molar-refractivity contribution in [2.24, 2.45) is 0 Å². The summed E-state index contributed by atoms with van der Waals surface area (Å²) in [7, 11) is 0. The highest BCUT2D eigenvalue weighted by Crippen LogP contribution is 2.22. The quantitative estimate of drug-likeness (QED) is 0.321. The minimum Gasteiger partial charge on any atom is -0.355 e. The van der Waals surface area contributed by atoms with Gasteiger partial charge in [0, 0.05) is 24.4 Å². The molecular weight excluding hydrogens is 435 g/mol. The zero-order valence-electron chi connectivity index (χ0n) is 18.6. The van der Waals surface area contributed by atoms with Crippen LogP contribution in [0.2, 0.25) is 0 Å². The van der Waals surface area contributed by atoms with Crippen molar-refractivity contribution in [2.45, 2.75) is 31.4 Å². The van der Waals surface area contributed by atoms with Crippen molar-refractivity contribution in [3.63, 3.8) is 0 Å². The zero-order valence-corrected chi connectivity index (χ0v) is 19.4. The molecule has 0 aliphatic carbocycles. The summed E-state index contributed by atoms with van der Waals surface area (Å²) in [6, 6.07) is 24.2. The van der Waals surface area contributed by atoms with Crippen LogP contribution < -0.4 is 10.6 Å². The van der Waals surface area contributed by atoms with E-state index in [0.29, 0.717) is 24.5 Å². The first kappa shape index (κ1) is 24.5. The molecule has 4 nitrogen and oxygen atoms in total. The van der Waals surface area contributed by atoms with Crippen molar-refractivity contribution in [1.29, 1.82) is 0 Å². The molecule has 3 aromatic rings. The summed E-state index contributed by atoms with van der Waals surface area (Å²) >= 11 is 1.51. The van der Waals surface area contributed by atoms with Crippen LogP contribution in [0.4, 0.5) is 10.1 Å². The normalized spacial score (nSPS) is 10.6. The Morgan fingerprint density at radius 3 is 2.33 bits per heavy atom. The van der Waals surface area contributed by atoms with Crippen LogP contribution >= 0.6 is 11.8 Å². The third kappa shape index (κ3) is 9.10. The second-order valence-corrected chi connectivity index (χ2v) is 8.76. The molecule has 0 aromatic heterocycles. The molecule has 0 bridgehead atoms. The Bertz CT molecular complexity index is 1030. The van der Waals surface area contributed by atoms with E-state index in [1.807, 2.05) is 54.6 Å². The van der Waals surface area contributed by atoms with Gasteiger partial charge in [0.05, 0.1) is 5.75 Å². The van der Waals surface area contributed by atoms with Gasteiger partial charge >= 0.3 is 0 Å². The Morgan fingerprint density at radius 1 is 0.788 bits per heavy atom. The number of halogens is 1. The van der Waals surface area contributed by atoms with Gasteiger partial charge in [0.1, 0.15) is 5.82 Å². The van der Waals surface area contributed by atoms with Crippen LogP contribution in [0.1, 0.15) is 31.2 Å². The number of unbranched alkanes of at least 4 members (excludes halogenated alkanes) is 2. The SMILES string of the molecule is O=C(CSCc1ccc(F)cc1)NCCCCCC(=O)Nc1cccc(-c2ccccc2)c1. The van der Waals surface area contributed by atoms with Crippen LogP contribution in [0.15, 0.2) is 78.9 Å². The summed E-state index contributed by atoms with van der Waals surface area (Å²) in [6.07, 6.45) is 2.95. The molecule has 2 amide bonds. The molecule has 6 heteroatoms. The van der Waals surface area contributed by atoms with Gasteiger partial charge in [-0.15, -0.1) is 11.8 Å². The average Bonchev–Trinajstić information content (AvgIpc) is 2.83. The maximum absolute atomic E-state index is 12.9. The number of hydrogen-bond donors (Lipinski definition) is 2. The van der Waals surface area contributed by atoms with Gasteiger partial charge in [-0.2, -0.15) is 0 Å². The molecule has 0 radical (unpaired) electrons. The highest BCUT2D eigenvalue weighted by molar-refractivity contribution is 7.99. The molecule has 3 aromatic carbocycles. The molecule has 0 saturated heterocycles. The lowest BCUT2D eigenvalue weighted by atomic mass is 10.1. The first-order valence-corrected chi connectivity index (χ1v) is 12.3. The number of benzene rings is 3. The highest BCUT2D eigenvalue weighted by atomic mass is 32.2. The van der Waals surface area contributed by atoms with Gasteiger partial charge in [-0.25, -0.2) is 4.39 Å². The molecule has 0 saturated carbocycles. The number of hydrogen-bond acceptors (Lipinski definition) is 3. The number of anilines is 1. The van der Waals surface area contributed by atoms with Crippen LogP contribution in [0.5, 0.6) is 0 Å². The largest absolute Gasteiger partial charge is 0.355 e. The van der Waals surface area contributed by atoms with E-state index in [4.69, 9.17) is 0 Å². The molecular formula is C27H29FN2O2S. The van der Waals surface area contributed by atoms with Gasteiger partial charge in [0.2, 0.25) is 11.8 Å². The van der Waals surface area contributed by atoms with Gasteiger partial charge in [0.15, 0.2) is 0 Å². The van der Waals surface area contributed by atoms with Crippen LogP contribution in [-0.2, 0) is 15.3 Å². The second-order valence-electron chi connectivity index (χ2n) is 7.77. The maximum atomic E-state index is 12.9. The summed E-state index contributed by atoms with van der Waals surface area (Å²) < 4.78 is 12.9. The molecule has 3 rings (SSSR count). The number of carbonyl (C=O) groups excluding carboxylic acids is 2. The van der Waals surface area contributed by atoms with Crippen LogP contribution in [-0.4, -0.2) is 24.1 Å². The summed E-state index contributed by atoms with van der Waals surface area (Å²) in [5.74, 6) is 0.801. The molecule has 0 fully saturated rings. The van der Waals surface area contributed by atoms with Crippen molar-refractivity contribution < 1.29 is 14.0 Å². The predicted molar refractivity (Wildman–Crippen MR) is 135 cm³/mol. The lowest BCUT2D eigenvalue weighted by molar-refractivity contribution is -0.118. The minimum absolute atomic E-state index is 0.00133. The Hall–Kier alpha value is -3.12. The fourth-order valence-electron chi connectivity index (χ4n) is 3.34. The Balaban J connectivity index is 1.25. The molecule has 0 aliphatic heterocycles. The minimum atomic E-state index is -0.253. The van der Waals surface area contributed by atoms with Crippen LogP contribution in [0.3, 0.4) is 0 Å². The third-order valence-corrected chi connectivity index (χ3v) is 6.08. The van der Waals surface area contributed by atoms with E-state index in [2.05, 4.69) is 10.6 Å². The summed E-state index contributed by atoms with van der Waals surface area (Å²) in [5, 5.41) is 5.88. The average molecular weight is 465 g/mol. The van der Waals surface area contributed by atoms with E-state index in [1.54, 1.807) is 12.1 Å². The van der Waals surface area contributed by atoms with Gasteiger partial charge in [-0.3, -0.25) is 9.59 Å². The Labute approximate surface area is 199 Å². The predicted octanol–water partition coefficient (Wildman–Crippen LogP) is 6.04. The van der Waals surface area contributed by atoms with Crippen molar-refractivity contribution >= 4 is 29.3 Å². The number of thioether (sulfide) groups is 1. The maximum Gasteiger partial charge on any atom is 0.230 e. The Morgan fingerprint density at radius 2 is 1.55 bits per heavy atom. The van der Waals surface area contributed by atoms with Gasteiger partial charge in [-0.05, 0) is 53.8 Å². The molecule has 0 atom stereocenters. The van der Waals surface area contributed by atoms with Crippen molar-refractivity contribution in [3.8, 4) is 11.1 Å². The van der Waals surface area contributed by atoms with Gasteiger partial charge < -0.3 is 10.6 Å². The number of nitrogens with one attached hydrogen (secondary N) is 2. The molecule has 0 unspecified atom stereocenters. The van der Waals surface area contributed by atoms with Crippen molar-refractivity contribution in [1.82, 2.24) is 5.32 Å². The first-order valence-electron chi connectivity index (χ1n) is 11.1. The van der Waals surface area contributed by atoms with Crippen molar-refractivity contribution in [2.75, 3.05) is 17.6 Å². The monoisotopic (exact) mass is 464 g/mol. The molecule has 0 aliphatic rings. The fraction of sp³-hybridized carbons (Fsp3) is 0.259. The van der Waals surface area contributed by atoms with E-state index in [9.17, 15) is 14.0 Å². The summed E-state index contributed by atoms with van der Waals surface area (Å²) in [5.41, 5.74) is 3.98. The van der Waals surface area contributed by atoms with Gasteiger partial charge in [-0.1, -0.05) is 61.0 Å². The molecule has 172 valence electrons. The molecule has 0 heterocycles. The van der Waals surface area contributed by atoms with Crippen LogP contribution in [0, 0.1) is 5.82 Å². The topological polar surface area (TPSA) is 58.2 Å². The van der Waals surface area contributed by atoms with E-state index >= 15 is 0 Å². The van der Waals surface area contributed by atoms with Crippen molar-refractivity contribution in [3.05, 3.63) is 90.2 Å². The Kier molecular flexibility index (Phi) is 9.98. The molecule has 33 heavy (non-hydrogen) atoms. The number of amides is 2. The number of rotatable bonds is 12. The highest BCUT2D eigenvalue weighted by Gasteiger charge is 2.05. The van der Waals surface area contributed by atoms with Gasteiger partial charge in [0.25, 0.3) is 0 Å². The van der Waals surface area contributed by atoms with Crippen LogP contribution in [0.25, 0.3) is 11.1 Å². The molecule has 2 N–H and O–H groups in total. The summed E-state index contributed by atoms with van der Waals surface area (Å²) in [4.78, 5) is 24.2.